The molecule has 0 aromatic heterocycles. The van der Waals surface area contributed by atoms with E-state index in [1.165, 1.54) is 0 Å². The van der Waals surface area contributed by atoms with Crippen LogP contribution in [0.3, 0.4) is 0 Å². The molecule has 0 saturated heterocycles. The van der Waals surface area contributed by atoms with E-state index in [0.29, 0.717) is 5.69 Å². The molecule has 15 heavy (non-hydrogen) atoms. The van der Waals surface area contributed by atoms with Crippen LogP contribution in [0.15, 0.2) is 24.3 Å². The van der Waals surface area contributed by atoms with Crippen molar-refractivity contribution in [2.24, 2.45) is 5.73 Å². The smallest absolute Gasteiger partial charge is 0.404 e. The van der Waals surface area contributed by atoms with E-state index in [4.69, 9.17) is 10.8 Å². The van der Waals surface area contributed by atoms with Gasteiger partial charge in [-0.15, -0.1) is 0 Å². The van der Waals surface area contributed by atoms with Crippen molar-refractivity contribution in [1.29, 1.82) is 0 Å². The SMILES string of the molecule is NC(=O)Nc1cccc(CNC(=O)O)c1. The van der Waals surface area contributed by atoms with E-state index in [1.54, 1.807) is 24.3 Å². The first-order chi connectivity index (χ1) is 7.08. The number of hydrogen-bond acceptors (Lipinski definition) is 2. The number of carbonyl (C=O) groups excluding carboxylic acids is 1. The number of carbonyl (C=O) groups is 2. The van der Waals surface area contributed by atoms with Crippen LogP contribution >= 0.6 is 0 Å². The molecule has 0 fully saturated rings. The van der Waals surface area contributed by atoms with Crippen LogP contribution in [0, 0.1) is 0 Å². The fourth-order valence-electron chi connectivity index (χ4n) is 1.08. The van der Waals surface area contributed by atoms with Crippen molar-refractivity contribution in [3.05, 3.63) is 29.8 Å². The van der Waals surface area contributed by atoms with Crippen molar-refractivity contribution in [2.75, 3.05) is 5.32 Å². The molecule has 0 saturated carbocycles. The lowest BCUT2D eigenvalue weighted by atomic mass is 10.2. The first-order valence-electron chi connectivity index (χ1n) is 4.20. The molecular formula is C9H11N3O3. The summed E-state index contributed by atoms with van der Waals surface area (Å²) in [7, 11) is 0. The fourth-order valence-corrected chi connectivity index (χ4v) is 1.08. The van der Waals surface area contributed by atoms with Gasteiger partial charge in [0, 0.05) is 12.2 Å². The van der Waals surface area contributed by atoms with Gasteiger partial charge in [0.25, 0.3) is 0 Å². The van der Waals surface area contributed by atoms with Gasteiger partial charge >= 0.3 is 12.1 Å². The summed E-state index contributed by atoms with van der Waals surface area (Å²) < 4.78 is 0. The Kier molecular flexibility index (Phi) is 3.50. The second kappa shape index (κ2) is 4.85. The highest BCUT2D eigenvalue weighted by Gasteiger charge is 1.99. The lowest BCUT2D eigenvalue weighted by Gasteiger charge is -2.05. The average Bonchev–Trinajstić information content (AvgIpc) is 2.14. The second-order valence-corrected chi connectivity index (χ2v) is 2.85. The van der Waals surface area contributed by atoms with E-state index in [1.807, 2.05) is 0 Å². The average molecular weight is 209 g/mol. The van der Waals surface area contributed by atoms with Crippen LogP contribution in [-0.4, -0.2) is 17.2 Å². The van der Waals surface area contributed by atoms with Gasteiger partial charge in [0.2, 0.25) is 0 Å². The van der Waals surface area contributed by atoms with E-state index in [0.717, 1.165) is 5.56 Å². The minimum absolute atomic E-state index is 0.184. The predicted molar refractivity (Wildman–Crippen MR) is 54.5 cm³/mol. The number of carboxylic acid groups (broad SMARTS) is 1. The van der Waals surface area contributed by atoms with Gasteiger partial charge in [-0.2, -0.15) is 0 Å². The van der Waals surface area contributed by atoms with Crippen LogP contribution in [0.4, 0.5) is 15.3 Å². The third kappa shape index (κ3) is 3.99. The van der Waals surface area contributed by atoms with E-state index in [-0.39, 0.29) is 6.54 Å². The first-order valence-corrected chi connectivity index (χ1v) is 4.20. The van der Waals surface area contributed by atoms with Crippen LogP contribution < -0.4 is 16.4 Å². The predicted octanol–water partition coefficient (Wildman–Crippen LogP) is 0.945. The molecule has 5 N–H and O–H groups in total. The van der Waals surface area contributed by atoms with Crippen molar-refractivity contribution in [3.8, 4) is 0 Å². The van der Waals surface area contributed by atoms with Gasteiger partial charge in [0.15, 0.2) is 0 Å². The minimum Gasteiger partial charge on any atom is -0.465 e. The van der Waals surface area contributed by atoms with E-state index in [9.17, 15) is 9.59 Å². The Bertz CT molecular complexity index is 379. The summed E-state index contributed by atoms with van der Waals surface area (Å²) >= 11 is 0. The van der Waals surface area contributed by atoms with Crippen LogP contribution in [0.1, 0.15) is 5.56 Å². The molecule has 0 heterocycles. The Morgan fingerprint density at radius 2 is 2.13 bits per heavy atom. The summed E-state index contributed by atoms with van der Waals surface area (Å²) in [6.45, 7) is 0.184. The summed E-state index contributed by atoms with van der Waals surface area (Å²) in [6, 6.07) is 6.08. The number of urea groups is 1. The van der Waals surface area contributed by atoms with Crippen molar-refractivity contribution >= 4 is 17.8 Å². The maximum Gasteiger partial charge on any atom is 0.404 e. The number of primary amides is 1. The summed E-state index contributed by atoms with van der Waals surface area (Å²) in [6.07, 6.45) is -1.09. The Balaban J connectivity index is 2.65. The third-order valence-electron chi connectivity index (χ3n) is 1.64. The molecule has 0 unspecified atom stereocenters. The zero-order valence-electron chi connectivity index (χ0n) is 7.86. The minimum atomic E-state index is -1.09. The fraction of sp³-hybridized carbons (Fsp3) is 0.111. The molecule has 0 atom stereocenters. The Morgan fingerprint density at radius 1 is 1.40 bits per heavy atom. The van der Waals surface area contributed by atoms with Gasteiger partial charge in [-0.1, -0.05) is 12.1 Å². The molecule has 3 amide bonds. The summed E-state index contributed by atoms with van der Waals surface area (Å²) in [4.78, 5) is 20.8. The van der Waals surface area contributed by atoms with Crippen LogP contribution in [0.25, 0.3) is 0 Å². The van der Waals surface area contributed by atoms with Crippen molar-refractivity contribution in [1.82, 2.24) is 5.32 Å². The molecule has 0 aliphatic carbocycles. The summed E-state index contributed by atoms with van der Waals surface area (Å²) in [5.41, 5.74) is 6.21. The topological polar surface area (TPSA) is 104 Å². The Hall–Kier alpha value is -2.24. The number of amides is 3. The van der Waals surface area contributed by atoms with E-state index in [2.05, 4.69) is 10.6 Å². The van der Waals surface area contributed by atoms with Crippen LogP contribution in [0.2, 0.25) is 0 Å². The molecule has 80 valence electrons. The quantitative estimate of drug-likeness (QED) is 0.595. The molecule has 0 aliphatic heterocycles. The largest absolute Gasteiger partial charge is 0.465 e. The van der Waals surface area contributed by atoms with Crippen LogP contribution in [-0.2, 0) is 6.54 Å². The molecule has 1 aromatic carbocycles. The highest BCUT2D eigenvalue weighted by Crippen LogP contribution is 2.09. The zero-order chi connectivity index (χ0) is 11.3. The number of hydrogen-bond donors (Lipinski definition) is 4. The Morgan fingerprint density at radius 3 is 2.73 bits per heavy atom. The van der Waals surface area contributed by atoms with Crippen molar-refractivity contribution in [3.63, 3.8) is 0 Å². The molecule has 0 aliphatic rings. The number of anilines is 1. The van der Waals surface area contributed by atoms with Gasteiger partial charge in [-0.25, -0.2) is 9.59 Å². The molecule has 1 aromatic rings. The maximum absolute atomic E-state index is 10.5. The second-order valence-electron chi connectivity index (χ2n) is 2.85. The normalized spacial score (nSPS) is 9.33. The first kappa shape index (κ1) is 10.8. The number of nitrogens with one attached hydrogen (secondary N) is 2. The van der Waals surface area contributed by atoms with E-state index < -0.39 is 12.1 Å². The van der Waals surface area contributed by atoms with Gasteiger partial charge in [-0.05, 0) is 17.7 Å². The highest BCUT2D eigenvalue weighted by atomic mass is 16.4. The monoisotopic (exact) mass is 209 g/mol. The maximum atomic E-state index is 10.5. The molecule has 0 spiro atoms. The van der Waals surface area contributed by atoms with Gasteiger partial charge in [0.05, 0.1) is 0 Å². The summed E-state index contributed by atoms with van der Waals surface area (Å²) in [5.74, 6) is 0. The lowest BCUT2D eigenvalue weighted by molar-refractivity contribution is 0.194. The molecule has 6 nitrogen and oxygen atoms in total. The summed E-state index contributed by atoms with van der Waals surface area (Å²) in [5, 5.41) is 13.0. The molecule has 0 bridgehead atoms. The highest BCUT2D eigenvalue weighted by molar-refractivity contribution is 5.87. The van der Waals surface area contributed by atoms with Gasteiger partial charge in [0.1, 0.15) is 0 Å². The number of rotatable bonds is 3. The molecule has 0 radical (unpaired) electrons. The standard InChI is InChI=1S/C9H11N3O3/c10-8(13)12-7-3-1-2-6(4-7)5-11-9(14)15/h1-4,11H,5H2,(H,14,15)(H3,10,12,13). The van der Waals surface area contributed by atoms with Gasteiger partial charge < -0.3 is 21.5 Å². The molecule has 1 rings (SSSR count). The Labute approximate surface area is 86.1 Å². The molecular weight excluding hydrogens is 198 g/mol. The molecule has 6 heteroatoms. The van der Waals surface area contributed by atoms with Crippen molar-refractivity contribution in [2.45, 2.75) is 6.54 Å². The number of benzene rings is 1. The van der Waals surface area contributed by atoms with Crippen molar-refractivity contribution < 1.29 is 14.7 Å². The van der Waals surface area contributed by atoms with Crippen LogP contribution in [0.5, 0.6) is 0 Å². The third-order valence-corrected chi connectivity index (χ3v) is 1.64. The lowest BCUT2D eigenvalue weighted by Crippen LogP contribution is -2.21. The van der Waals surface area contributed by atoms with Gasteiger partial charge in [-0.3, -0.25) is 0 Å². The zero-order valence-corrected chi connectivity index (χ0v) is 7.86. The van der Waals surface area contributed by atoms with E-state index >= 15 is 0 Å². The number of nitrogens with two attached hydrogens (primary N) is 1.